The summed E-state index contributed by atoms with van der Waals surface area (Å²) in [4.78, 5) is 11.8. The highest BCUT2D eigenvalue weighted by molar-refractivity contribution is 5.91. The van der Waals surface area contributed by atoms with Crippen molar-refractivity contribution in [3.8, 4) is 0 Å². The second kappa shape index (κ2) is 8.12. The number of amides is 1. The molecule has 2 rings (SSSR count). The van der Waals surface area contributed by atoms with Crippen LogP contribution in [0.4, 0.5) is 0 Å². The van der Waals surface area contributed by atoms with Gasteiger partial charge in [-0.25, -0.2) is 4.68 Å². The molecule has 1 amide bonds. The van der Waals surface area contributed by atoms with Crippen LogP contribution in [0.5, 0.6) is 0 Å². The normalized spacial score (nSPS) is 15.8. The van der Waals surface area contributed by atoms with Gasteiger partial charge in [0.25, 0.3) is 5.91 Å². The van der Waals surface area contributed by atoms with Crippen LogP contribution in [0.2, 0.25) is 0 Å². The maximum Gasteiger partial charge on any atom is 0.273 e. The average Bonchev–Trinajstić information content (AvgIpc) is 2.89. The molecular formula is C12H22ClN5O. The Balaban J connectivity index is 0.00000180. The molecule has 0 unspecified atom stereocenters. The molecule has 0 spiro atoms. The highest BCUT2D eigenvalue weighted by Crippen LogP contribution is 2.16. The highest BCUT2D eigenvalue weighted by atomic mass is 35.5. The van der Waals surface area contributed by atoms with Crippen LogP contribution >= 0.6 is 12.4 Å². The van der Waals surface area contributed by atoms with Crippen molar-refractivity contribution in [1.82, 2.24) is 25.6 Å². The van der Waals surface area contributed by atoms with E-state index < -0.39 is 0 Å². The Morgan fingerprint density at radius 2 is 2.26 bits per heavy atom. The summed E-state index contributed by atoms with van der Waals surface area (Å²) in [7, 11) is 0. The van der Waals surface area contributed by atoms with Gasteiger partial charge >= 0.3 is 0 Å². The van der Waals surface area contributed by atoms with Crippen LogP contribution in [0, 0.1) is 0 Å². The molecule has 0 saturated carbocycles. The minimum atomic E-state index is -0.122. The van der Waals surface area contributed by atoms with E-state index in [1.807, 2.05) is 4.68 Å². The first kappa shape index (κ1) is 15.9. The van der Waals surface area contributed by atoms with Crippen LogP contribution < -0.4 is 10.6 Å². The first-order valence-corrected chi connectivity index (χ1v) is 6.72. The Morgan fingerprint density at radius 3 is 2.95 bits per heavy atom. The standard InChI is InChI=1S/C12H21N5O.ClH/c1-2-3-6-14-12(18)11-9-17(16-15-11)10-4-7-13-8-5-10;/h9-10,13H,2-8H2,1H3,(H,14,18);1H. The molecule has 7 heteroatoms. The van der Waals surface area contributed by atoms with Gasteiger partial charge in [-0.2, -0.15) is 0 Å². The summed E-state index contributed by atoms with van der Waals surface area (Å²) in [5.74, 6) is -0.122. The lowest BCUT2D eigenvalue weighted by atomic mass is 10.1. The zero-order valence-corrected chi connectivity index (χ0v) is 12.1. The number of rotatable bonds is 5. The fourth-order valence-corrected chi connectivity index (χ4v) is 2.10. The summed E-state index contributed by atoms with van der Waals surface area (Å²) in [5.41, 5.74) is 0.421. The van der Waals surface area contributed by atoms with Crippen molar-refractivity contribution in [1.29, 1.82) is 0 Å². The van der Waals surface area contributed by atoms with Gasteiger partial charge in [-0.3, -0.25) is 4.79 Å². The Morgan fingerprint density at radius 1 is 1.53 bits per heavy atom. The number of carbonyl (C=O) groups is 1. The smallest absolute Gasteiger partial charge is 0.273 e. The molecule has 0 aliphatic carbocycles. The van der Waals surface area contributed by atoms with Crippen LogP contribution in [0.3, 0.4) is 0 Å². The van der Waals surface area contributed by atoms with Gasteiger partial charge in [-0.1, -0.05) is 18.6 Å². The number of hydrogen-bond donors (Lipinski definition) is 2. The number of nitrogens with one attached hydrogen (secondary N) is 2. The molecule has 2 heterocycles. The Bertz CT molecular complexity index is 389. The van der Waals surface area contributed by atoms with Gasteiger partial charge in [-0.05, 0) is 32.4 Å². The summed E-state index contributed by atoms with van der Waals surface area (Å²) in [6.07, 6.45) is 5.91. The lowest BCUT2D eigenvalue weighted by Crippen LogP contribution is -2.29. The Labute approximate surface area is 119 Å². The van der Waals surface area contributed by atoms with E-state index in [1.54, 1.807) is 6.20 Å². The molecular weight excluding hydrogens is 266 g/mol. The van der Waals surface area contributed by atoms with Gasteiger partial charge in [0.15, 0.2) is 5.69 Å². The van der Waals surface area contributed by atoms with Gasteiger partial charge < -0.3 is 10.6 Å². The number of carbonyl (C=O) groups excluding carboxylic acids is 1. The fourth-order valence-electron chi connectivity index (χ4n) is 2.10. The number of nitrogens with zero attached hydrogens (tertiary/aromatic N) is 3. The molecule has 0 aromatic carbocycles. The molecule has 1 saturated heterocycles. The molecule has 1 fully saturated rings. The summed E-state index contributed by atoms with van der Waals surface area (Å²) in [6.45, 7) is 4.81. The molecule has 108 valence electrons. The van der Waals surface area contributed by atoms with E-state index in [-0.39, 0.29) is 18.3 Å². The molecule has 0 bridgehead atoms. The maximum absolute atomic E-state index is 11.8. The predicted molar refractivity (Wildman–Crippen MR) is 75.7 cm³/mol. The summed E-state index contributed by atoms with van der Waals surface area (Å²) in [6, 6.07) is 0.371. The number of hydrogen-bond acceptors (Lipinski definition) is 4. The minimum absolute atomic E-state index is 0. The molecule has 1 aliphatic rings. The van der Waals surface area contributed by atoms with Crippen LogP contribution in [0.15, 0.2) is 6.20 Å². The van der Waals surface area contributed by atoms with E-state index in [0.717, 1.165) is 38.8 Å². The van der Waals surface area contributed by atoms with Crippen molar-refractivity contribution in [3.05, 3.63) is 11.9 Å². The third-order valence-electron chi connectivity index (χ3n) is 3.24. The Kier molecular flexibility index (Phi) is 6.80. The monoisotopic (exact) mass is 287 g/mol. The van der Waals surface area contributed by atoms with E-state index in [1.165, 1.54) is 0 Å². The first-order valence-electron chi connectivity index (χ1n) is 6.72. The number of unbranched alkanes of at least 4 members (excludes halogenated alkanes) is 1. The van der Waals surface area contributed by atoms with Crippen molar-refractivity contribution in [3.63, 3.8) is 0 Å². The van der Waals surface area contributed by atoms with E-state index in [9.17, 15) is 4.79 Å². The van der Waals surface area contributed by atoms with Crippen molar-refractivity contribution < 1.29 is 4.79 Å². The first-order chi connectivity index (χ1) is 8.81. The molecule has 6 nitrogen and oxygen atoms in total. The third-order valence-corrected chi connectivity index (χ3v) is 3.24. The van der Waals surface area contributed by atoms with Gasteiger partial charge in [0, 0.05) is 6.54 Å². The molecule has 0 atom stereocenters. The van der Waals surface area contributed by atoms with Gasteiger partial charge in [0.2, 0.25) is 0 Å². The maximum atomic E-state index is 11.8. The topological polar surface area (TPSA) is 71.8 Å². The van der Waals surface area contributed by atoms with E-state index in [4.69, 9.17) is 0 Å². The van der Waals surface area contributed by atoms with Gasteiger partial charge in [0.1, 0.15) is 0 Å². The second-order valence-electron chi connectivity index (χ2n) is 4.67. The van der Waals surface area contributed by atoms with Crippen molar-refractivity contribution >= 4 is 18.3 Å². The lowest BCUT2D eigenvalue weighted by molar-refractivity contribution is 0.0948. The predicted octanol–water partition coefficient (Wildman–Crippen LogP) is 1.15. The van der Waals surface area contributed by atoms with Crippen molar-refractivity contribution in [2.45, 2.75) is 38.6 Å². The summed E-state index contributed by atoms with van der Waals surface area (Å²) < 4.78 is 1.83. The third kappa shape index (κ3) is 4.47. The molecule has 1 aliphatic heterocycles. The largest absolute Gasteiger partial charge is 0.351 e. The van der Waals surface area contributed by atoms with Gasteiger partial charge in [-0.15, -0.1) is 17.5 Å². The quantitative estimate of drug-likeness (QED) is 0.797. The van der Waals surface area contributed by atoms with Crippen molar-refractivity contribution in [2.24, 2.45) is 0 Å². The van der Waals surface area contributed by atoms with Crippen LogP contribution in [-0.2, 0) is 0 Å². The molecule has 1 aromatic heterocycles. The zero-order valence-electron chi connectivity index (χ0n) is 11.3. The van der Waals surface area contributed by atoms with Crippen LogP contribution in [0.25, 0.3) is 0 Å². The zero-order chi connectivity index (χ0) is 12.8. The fraction of sp³-hybridized carbons (Fsp3) is 0.750. The second-order valence-corrected chi connectivity index (χ2v) is 4.67. The van der Waals surface area contributed by atoms with E-state index in [0.29, 0.717) is 18.3 Å². The number of aromatic nitrogens is 3. The Hall–Kier alpha value is -1.14. The number of halogens is 1. The summed E-state index contributed by atoms with van der Waals surface area (Å²) in [5, 5.41) is 14.2. The lowest BCUT2D eigenvalue weighted by Gasteiger charge is -2.22. The minimum Gasteiger partial charge on any atom is -0.351 e. The van der Waals surface area contributed by atoms with E-state index >= 15 is 0 Å². The highest BCUT2D eigenvalue weighted by Gasteiger charge is 2.18. The molecule has 19 heavy (non-hydrogen) atoms. The molecule has 1 aromatic rings. The van der Waals surface area contributed by atoms with E-state index in [2.05, 4.69) is 27.9 Å². The van der Waals surface area contributed by atoms with Crippen LogP contribution in [-0.4, -0.2) is 40.5 Å². The summed E-state index contributed by atoms with van der Waals surface area (Å²) >= 11 is 0. The SMILES string of the molecule is CCCCNC(=O)c1cn(C2CCNCC2)nn1.Cl. The number of piperidine rings is 1. The molecule has 0 radical (unpaired) electrons. The van der Waals surface area contributed by atoms with Gasteiger partial charge in [0.05, 0.1) is 12.2 Å². The molecule has 2 N–H and O–H groups in total. The van der Waals surface area contributed by atoms with Crippen LogP contribution in [0.1, 0.15) is 49.1 Å². The average molecular weight is 288 g/mol. The van der Waals surface area contributed by atoms with Crippen molar-refractivity contribution in [2.75, 3.05) is 19.6 Å².